The number of hydrogen-bond donors (Lipinski definition) is 7. The van der Waals surface area contributed by atoms with Crippen molar-refractivity contribution < 1.29 is 65.8 Å². The zero-order valence-corrected chi connectivity index (χ0v) is 18.9. The molecule has 0 amide bonds. The summed E-state index contributed by atoms with van der Waals surface area (Å²) in [6.07, 6.45) is -2.37. The van der Waals surface area contributed by atoms with Crippen LogP contribution in [0.1, 0.15) is 6.23 Å². The van der Waals surface area contributed by atoms with Crippen molar-refractivity contribution in [3.8, 4) is 0 Å². The van der Waals surface area contributed by atoms with Crippen molar-refractivity contribution in [1.29, 1.82) is 0 Å². The molecule has 17 nitrogen and oxygen atoms in total. The maximum Gasteiger partial charge on any atom is 0.490 e. The van der Waals surface area contributed by atoms with Gasteiger partial charge in [0.1, 0.15) is 12.8 Å². The van der Waals surface area contributed by atoms with E-state index in [0.29, 0.717) is 10.6 Å². The van der Waals surface area contributed by atoms with Gasteiger partial charge in [0.25, 0.3) is 5.56 Å². The first-order chi connectivity index (χ1) is 15.0. The van der Waals surface area contributed by atoms with Crippen LogP contribution in [0.4, 0.5) is 4.39 Å². The normalized spacial score (nSPS) is 19.6. The van der Waals surface area contributed by atoms with Crippen LogP contribution >= 0.6 is 23.5 Å². The van der Waals surface area contributed by atoms with Crippen LogP contribution in [0.15, 0.2) is 34.5 Å². The molecule has 1 rings (SSSR count). The van der Waals surface area contributed by atoms with E-state index in [9.17, 15) is 42.8 Å². The van der Waals surface area contributed by atoms with Crippen LogP contribution in [0.2, 0.25) is 0 Å². The number of nitrogens with one attached hydrogen (secondary N) is 1. The summed E-state index contributed by atoms with van der Waals surface area (Å²) in [7, 11) is -17.3. The molecule has 33 heavy (non-hydrogen) atoms. The molecule has 21 heteroatoms. The molecule has 7 N–H and O–H groups in total. The second kappa shape index (κ2) is 11.4. The Morgan fingerprint density at radius 2 is 1.79 bits per heavy atom. The third-order valence-corrected chi connectivity index (χ3v) is 7.35. The second-order valence-corrected chi connectivity index (χ2v) is 10.4. The van der Waals surface area contributed by atoms with Gasteiger partial charge in [0.2, 0.25) is 0 Å². The molecule has 0 saturated heterocycles. The topological polar surface area (TPSA) is 264 Å². The molecule has 0 aliphatic rings. The van der Waals surface area contributed by atoms with Gasteiger partial charge in [-0.15, -0.1) is 6.58 Å². The standard InChI is InChI=1S/C12H20FN2O15P3/c1-2-8(17)12(6-13,28-10(5-16)15-4-3-9(18)14-11(15)19)7-27-32(23,24)30-33(25,26)29-31(20,21)22/h2-4,8,10,16-17H,1,5-7H2,(H,23,24)(H,25,26)(H,14,18,19)(H2,20,21,22)/t8-,10+,12+/m0/s1. The maximum absolute atomic E-state index is 14.0. The number of H-pyrrole nitrogens is 1. The van der Waals surface area contributed by atoms with Crippen LogP contribution in [0, 0.1) is 0 Å². The minimum absolute atomic E-state index is 0.562. The number of aliphatic hydroxyl groups excluding tert-OH is 2. The van der Waals surface area contributed by atoms with Crippen LogP contribution < -0.4 is 11.2 Å². The molecule has 0 saturated carbocycles. The van der Waals surface area contributed by atoms with Crippen molar-refractivity contribution in [2.24, 2.45) is 0 Å². The van der Waals surface area contributed by atoms with E-state index in [-0.39, 0.29) is 0 Å². The second-order valence-electron chi connectivity index (χ2n) is 6.02. The Balaban J connectivity index is 3.21. The predicted molar refractivity (Wildman–Crippen MR) is 103 cm³/mol. The Labute approximate surface area is 183 Å². The van der Waals surface area contributed by atoms with Gasteiger partial charge in [-0.2, -0.15) is 8.62 Å². The number of phosphoric ester groups is 1. The zero-order valence-electron chi connectivity index (χ0n) is 16.2. The van der Waals surface area contributed by atoms with Gasteiger partial charge < -0.3 is 34.5 Å². The molecule has 0 fully saturated rings. The van der Waals surface area contributed by atoms with Gasteiger partial charge >= 0.3 is 29.2 Å². The van der Waals surface area contributed by atoms with E-state index in [1.807, 2.05) is 4.98 Å². The van der Waals surface area contributed by atoms with E-state index in [0.717, 1.165) is 12.3 Å². The minimum Gasteiger partial charge on any atom is -0.392 e. The monoisotopic (exact) mass is 544 g/mol. The van der Waals surface area contributed by atoms with Crippen molar-refractivity contribution in [2.75, 3.05) is 19.9 Å². The lowest BCUT2D eigenvalue weighted by Crippen LogP contribution is -2.52. The first kappa shape index (κ1) is 29.7. The summed E-state index contributed by atoms with van der Waals surface area (Å²) in [5.41, 5.74) is -4.67. The fraction of sp³-hybridized carbons (Fsp3) is 0.500. The molecular formula is C12H20FN2O15P3. The van der Waals surface area contributed by atoms with E-state index >= 15 is 0 Å². The molecule has 0 aliphatic carbocycles. The smallest absolute Gasteiger partial charge is 0.392 e. The summed E-state index contributed by atoms with van der Waals surface area (Å²) in [6.45, 7) is -1.12. The number of aliphatic hydroxyl groups is 2. The van der Waals surface area contributed by atoms with Crippen LogP contribution in [0.25, 0.3) is 0 Å². The van der Waals surface area contributed by atoms with Crippen LogP contribution in [0.5, 0.6) is 0 Å². The molecule has 2 unspecified atom stereocenters. The molecule has 5 atom stereocenters. The van der Waals surface area contributed by atoms with Crippen molar-refractivity contribution in [3.05, 3.63) is 45.8 Å². The Morgan fingerprint density at radius 3 is 2.24 bits per heavy atom. The average molecular weight is 544 g/mol. The van der Waals surface area contributed by atoms with Crippen molar-refractivity contribution in [2.45, 2.75) is 17.9 Å². The quantitative estimate of drug-likeness (QED) is 0.105. The molecule has 0 aromatic carbocycles. The van der Waals surface area contributed by atoms with E-state index in [1.54, 1.807) is 0 Å². The number of halogens is 1. The van der Waals surface area contributed by atoms with E-state index in [4.69, 9.17) is 19.4 Å². The SMILES string of the molecule is C=C[C@H](O)[C@@](CF)(COP(=O)(O)OP(=O)(O)OP(=O)(O)O)O[C@H](CO)n1ccc(=O)[nH]c1=O. The summed E-state index contributed by atoms with van der Waals surface area (Å²) in [5, 5.41) is 19.7. The molecule has 1 aromatic rings. The lowest BCUT2D eigenvalue weighted by Gasteiger charge is -2.37. The number of rotatable bonds is 14. The van der Waals surface area contributed by atoms with E-state index in [2.05, 4.69) is 19.7 Å². The number of alkyl halides is 1. The largest absolute Gasteiger partial charge is 0.490 e. The van der Waals surface area contributed by atoms with Crippen molar-refractivity contribution in [3.63, 3.8) is 0 Å². The van der Waals surface area contributed by atoms with Crippen LogP contribution in [-0.2, 0) is 31.6 Å². The molecule has 0 radical (unpaired) electrons. The summed E-state index contributed by atoms with van der Waals surface area (Å²) in [5.74, 6) is 0. The molecule has 0 spiro atoms. The highest BCUT2D eigenvalue weighted by atomic mass is 31.3. The van der Waals surface area contributed by atoms with Gasteiger partial charge in [-0.05, 0) is 0 Å². The predicted octanol–water partition coefficient (Wildman–Crippen LogP) is -1.36. The summed E-state index contributed by atoms with van der Waals surface area (Å²) >= 11 is 0. The number of hydrogen-bond acceptors (Lipinski definition) is 11. The number of ether oxygens (including phenoxy) is 1. The van der Waals surface area contributed by atoms with E-state index in [1.165, 1.54) is 0 Å². The number of phosphoric acid groups is 3. The number of aromatic nitrogens is 2. The summed E-state index contributed by atoms with van der Waals surface area (Å²) < 4.78 is 65.0. The Kier molecular flexibility index (Phi) is 10.2. The third kappa shape index (κ3) is 9.07. The first-order valence-corrected chi connectivity index (χ1v) is 12.8. The zero-order chi connectivity index (χ0) is 25.7. The Morgan fingerprint density at radius 1 is 1.18 bits per heavy atom. The fourth-order valence-electron chi connectivity index (χ4n) is 2.15. The van der Waals surface area contributed by atoms with Crippen molar-refractivity contribution >= 4 is 23.5 Å². The van der Waals surface area contributed by atoms with Gasteiger partial charge in [0.05, 0.1) is 13.2 Å². The van der Waals surface area contributed by atoms with Crippen LogP contribution in [0.3, 0.4) is 0 Å². The highest BCUT2D eigenvalue weighted by molar-refractivity contribution is 7.66. The summed E-state index contributed by atoms with van der Waals surface area (Å²) in [6, 6.07) is 0.834. The van der Waals surface area contributed by atoms with Gasteiger partial charge in [-0.25, -0.2) is 22.9 Å². The average Bonchev–Trinajstić information content (AvgIpc) is 2.66. The Bertz CT molecular complexity index is 1080. The molecule has 190 valence electrons. The summed E-state index contributed by atoms with van der Waals surface area (Å²) in [4.78, 5) is 60.6. The van der Waals surface area contributed by atoms with Crippen molar-refractivity contribution in [1.82, 2.24) is 9.55 Å². The van der Waals surface area contributed by atoms with Gasteiger partial charge in [-0.1, -0.05) is 6.08 Å². The first-order valence-electron chi connectivity index (χ1n) is 8.25. The van der Waals surface area contributed by atoms with E-state index < -0.39 is 72.5 Å². The fourth-order valence-corrected chi connectivity index (χ4v) is 5.23. The lowest BCUT2D eigenvalue weighted by atomic mass is 9.99. The van der Waals surface area contributed by atoms with Crippen LogP contribution in [-0.4, -0.2) is 70.9 Å². The molecule has 1 aromatic heterocycles. The lowest BCUT2D eigenvalue weighted by molar-refractivity contribution is -0.200. The minimum atomic E-state index is -5.89. The molecule has 0 aliphatic heterocycles. The third-order valence-electron chi connectivity index (χ3n) is 3.56. The highest BCUT2D eigenvalue weighted by Gasteiger charge is 2.46. The van der Waals surface area contributed by atoms with Gasteiger partial charge in [0.15, 0.2) is 11.8 Å². The Hall–Kier alpha value is -1.36. The molecular weight excluding hydrogens is 524 g/mol. The molecule has 1 heterocycles. The molecule has 0 bridgehead atoms. The number of aromatic amines is 1. The van der Waals surface area contributed by atoms with Gasteiger partial charge in [0, 0.05) is 12.3 Å². The highest BCUT2D eigenvalue weighted by Crippen LogP contribution is 2.66. The number of nitrogens with zero attached hydrogens (tertiary/aromatic N) is 1. The van der Waals surface area contributed by atoms with Gasteiger partial charge in [-0.3, -0.25) is 18.9 Å². The maximum atomic E-state index is 14.0.